The van der Waals surface area contributed by atoms with E-state index in [1.165, 1.54) is 0 Å². The normalized spacial score (nSPS) is 20.7. The molecule has 20 heavy (non-hydrogen) atoms. The predicted octanol–water partition coefficient (Wildman–Crippen LogP) is 2.28. The van der Waals surface area contributed by atoms with Crippen molar-refractivity contribution in [2.24, 2.45) is 0 Å². The second kappa shape index (κ2) is 7.26. The monoisotopic (exact) mass is 278 g/mol. The van der Waals surface area contributed by atoms with E-state index in [1.54, 1.807) is 19.3 Å². The molecule has 2 saturated heterocycles. The SMILES string of the molecule is COC.O=C1N2CCCC(C2)N1OCc1ccccc1. The quantitative estimate of drug-likeness (QED) is 0.852. The molecule has 1 unspecified atom stereocenters. The van der Waals surface area contributed by atoms with E-state index >= 15 is 0 Å². The van der Waals surface area contributed by atoms with Gasteiger partial charge in [-0.2, -0.15) is 5.06 Å². The van der Waals surface area contributed by atoms with E-state index in [4.69, 9.17) is 4.84 Å². The molecule has 0 saturated carbocycles. The Labute approximate surface area is 120 Å². The Kier molecular flexibility index (Phi) is 5.38. The lowest BCUT2D eigenvalue weighted by Crippen LogP contribution is -2.33. The van der Waals surface area contributed by atoms with E-state index in [-0.39, 0.29) is 12.1 Å². The van der Waals surface area contributed by atoms with E-state index in [0.717, 1.165) is 31.5 Å². The van der Waals surface area contributed by atoms with Crippen molar-refractivity contribution in [1.29, 1.82) is 0 Å². The molecule has 0 N–H and O–H groups in total. The number of amides is 2. The highest BCUT2D eigenvalue weighted by molar-refractivity contribution is 5.76. The molecule has 2 heterocycles. The molecule has 2 aliphatic heterocycles. The molecule has 2 fully saturated rings. The lowest BCUT2D eigenvalue weighted by molar-refractivity contribution is -0.140. The first-order chi connectivity index (χ1) is 9.76. The predicted molar refractivity (Wildman–Crippen MR) is 76.0 cm³/mol. The minimum absolute atomic E-state index is 0.0310. The van der Waals surface area contributed by atoms with Crippen molar-refractivity contribution < 1.29 is 14.4 Å². The van der Waals surface area contributed by atoms with Crippen LogP contribution in [0.4, 0.5) is 4.79 Å². The molecule has 2 aliphatic rings. The number of fused-ring (bicyclic) bond motifs is 2. The summed E-state index contributed by atoms with van der Waals surface area (Å²) in [6.07, 6.45) is 2.14. The fraction of sp³-hybridized carbons (Fsp3) is 0.533. The van der Waals surface area contributed by atoms with E-state index in [0.29, 0.717) is 6.61 Å². The van der Waals surface area contributed by atoms with Gasteiger partial charge in [-0.3, -0.25) is 4.84 Å². The molecule has 110 valence electrons. The van der Waals surface area contributed by atoms with Crippen LogP contribution in [0.3, 0.4) is 0 Å². The minimum Gasteiger partial charge on any atom is -0.388 e. The number of hydrogen-bond acceptors (Lipinski definition) is 3. The molecule has 0 spiro atoms. The highest BCUT2D eigenvalue weighted by atomic mass is 16.7. The van der Waals surface area contributed by atoms with Crippen molar-refractivity contribution >= 4 is 6.03 Å². The van der Waals surface area contributed by atoms with Crippen molar-refractivity contribution in [2.45, 2.75) is 25.5 Å². The second-order valence-electron chi connectivity index (χ2n) is 5.02. The van der Waals surface area contributed by atoms with Gasteiger partial charge in [0.05, 0.1) is 6.04 Å². The van der Waals surface area contributed by atoms with Crippen LogP contribution in [-0.4, -0.2) is 49.3 Å². The Bertz CT molecular complexity index is 424. The van der Waals surface area contributed by atoms with E-state index in [1.807, 2.05) is 35.2 Å². The molecule has 2 bridgehead atoms. The molecule has 0 aromatic heterocycles. The van der Waals surface area contributed by atoms with E-state index < -0.39 is 0 Å². The van der Waals surface area contributed by atoms with Gasteiger partial charge in [-0.25, -0.2) is 4.79 Å². The number of hydrogen-bond donors (Lipinski definition) is 0. The van der Waals surface area contributed by atoms with Crippen molar-refractivity contribution in [3.8, 4) is 0 Å². The van der Waals surface area contributed by atoms with Crippen LogP contribution in [0.25, 0.3) is 0 Å². The fourth-order valence-corrected chi connectivity index (χ4v) is 2.49. The summed E-state index contributed by atoms with van der Waals surface area (Å²) in [4.78, 5) is 19.5. The van der Waals surface area contributed by atoms with Crippen LogP contribution < -0.4 is 0 Å². The number of urea groups is 1. The van der Waals surface area contributed by atoms with Crippen LogP contribution in [0.1, 0.15) is 18.4 Å². The molecular formula is C15H22N2O3. The van der Waals surface area contributed by atoms with Crippen LogP contribution in [0.15, 0.2) is 30.3 Å². The third-order valence-corrected chi connectivity index (χ3v) is 3.40. The minimum atomic E-state index is 0.0310. The molecule has 5 nitrogen and oxygen atoms in total. The number of carbonyl (C=O) groups is 1. The maximum absolute atomic E-state index is 11.9. The molecule has 5 heteroatoms. The van der Waals surface area contributed by atoms with Gasteiger partial charge in [-0.05, 0) is 18.4 Å². The summed E-state index contributed by atoms with van der Waals surface area (Å²) in [6, 6.07) is 10.2. The number of nitrogens with zero attached hydrogens (tertiary/aromatic N) is 2. The van der Waals surface area contributed by atoms with Gasteiger partial charge in [0.1, 0.15) is 6.61 Å². The van der Waals surface area contributed by atoms with Crippen molar-refractivity contribution in [3.63, 3.8) is 0 Å². The van der Waals surface area contributed by atoms with E-state index in [9.17, 15) is 4.79 Å². The van der Waals surface area contributed by atoms with Gasteiger partial charge in [0.2, 0.25) is 0 Å². The van der Waals surface area contributed by atoms with Gasteiger partial charge >= 0.3 is 6.03 Å². The maximum atomic E-state index is 11.9. The van der Waals surface area contributed by atoms with Gasteiger partial charge in [-0.1, -0.05) is 30.3 Å². The largest absolute Gasteiger partial charge is 0.388 e. The average Bonchev–Trinajstić information content (AvgIpc) is 2.69. The third-order valence-electron chi connectivity index (χ3n) is 3.40. The molecule has 1 aromatic rings. The molecule has 1 aromatic carbocycles. The Morgan fingerprint density at radius 3 is 2.60 bits per heavy atom. The summed E-state index contributed by atoms with van der Waals surface area (Å²) in [5.41, 5.74) is 1.09. The van der Waals surface area contributed by atoms with Gasteiger partial charge in [0.25, 0.3) is 0 Å². The van der Waals surface area contributed by atoms with E-state index in [2.05, 4.69) is 4.74 Å². The first-order valence-corrected chi connectivity index (χ1v) is 6.91. The summed E-state index contributed by atoms with van der Waals surface area (Å²) in [7, 11) is 3.25. The zero-order valence-electron chi connectivity index (χ0n) is 12.1. The lowest BCUT2D eigenvalue weighted by Gasteiger charge is -2.22. The average molecular weight is 278 g/mol. The Balaban J connectivity index is 0.000000452. The first kappa shape index (κ1) is 14.8. The van der Waals surface area contributed by atoms with Gasteiger partial charge in [-0.15, -0.1) is 0 Å². The van der Waals surface area contributed by atoms with Crippen LogP contribution >= 0.6 is 0 Å². The molecular weight excluding hydrogens is 256 g/mol. The number of rotatable bonds is 3. The number of methoxy groups -OCH3 is 1. The highest BCUT2D eigenvalue weighted by Gasteiger charge is 2.40. The van der Waals surface area contributed by atoms with Crippen LogP contribution in [0, 0.1) is 0 Å². The first-order valence-electron chi connectivity index (χ1n) is 6.91. The topological polar surface area (TPSA) is 42.0 Å². The number of benzene rings is 1. The summed E-state index contributed by atoms with van der Waals surface area (Å²) < 4.78 is 4.25. The zero-order valence-corrected chi connectivity index (χ0v) is 12.1. The Morgan fingerprint density at radius 1 is 1.25 bits per heavy atom. The molecule has 0 radical (unpaired) electrons. The number of hydroxylamine groups is 2. The van der Waals surface area contributed by atoms with Crippen molar-refractivity contribution in [2.75, 3.05) is 27.3 Å². The molecule has 2 amide bonds. The summed E-state index contributed by atoms with van der Waals surface area (Å²) in [5, 5.41) is 1.57. The summed E-state index contributed by atoms with van der Waals surface area (Å²) in [6.45, 7) is 2.17. The summed E-state index contributed by atoms with van der Waals surface area (Å²) in [5.74, 6) is 0. The molecule has 0 aliphatic carbocycles. The highest BCUT2D eigenvalue weighted by Crippen LogP contribution is 2.25. The maximum Gasteiger partial charge on any atom is 0.344 e. The third kappa shape index (κ3) is 3.49. The lowest BCUT2D eigenvalue weighted by atomic mass is 10.1. The number of carbonyl (C=O) groups excluding carboxylic acids is 1. The summed E-state index contributed by atoms with van der Waals surface area (Å²) >= 11 is 0. The Morgan fingerprint density at radius 2 is 1.95 bits per heavy atom. The van der Waals surface area contributed by atoms with Crippen LogP contribution in [0.2, 0.25) is 0 Å². The van der Waals surface area contributed by atoms with Gasteiger partial charge < -0.3 is 9.64 Å². The van der Waals surface area contributed by atoms with Crippen molar-refractivity contribution in [1.82, 2.24) is 9.96 Å². The molecule has 1 atom stereocenters. The van der Waals surface area contributed by atoms with Crippen LogP contribution in [0.5, 0.6) is 0 Å². The van der Waals surface area contributed by atoms with Gasteiger partial charge in [0, 0.05) is 27.3 Å². The van der Waals surface area contributed by atoms with Crippen LogP contribution in [-0.2, 0) is 16.2 Å². The Hall–Kier alpha value is -1.59. The van der Waals surface area contributed by atoms with Crippen molar-refractivity contribution in [3.05, 3.63) is 35.9 Å². The van der Waals surface area contributed by atoms with Gasteiger partial charge in [0.15, 0.2) is 0 Å². The second-order valence-corrected chi connectivity index (χ2v) is 5.02. The fourth-order valence-electron chi connectivity index (χ4n) is 2.49. The number of ether oxygens (including phenoxy) is 1. The molecule has 3 rings (SSSR count). The zero-order chi connectivity index (χ0) is 14.4. The standard InChI is InChI=1S/C13H16N2O2.C2H6O/c16-13-14-8-4-7-12(9-14)15(13)17-10-11-5-2-1-3-6-11;1-3-2/h1-3,5-6,12H,4,7-10H2;1-2H3. The smallest absolute Gasteiger partial charge is 0.344 e. The number of piperidine rings is 1.